The van der Waals surface area contributed by atoms with Crippen LogP contribution in [0.15, 0.2) is 42.5 Å². The molecule has 0 saturated heterocycles. The number of hydrogen-bond acceptors (Lipinski definition) is 4. The molecule has 2 bridgehead atoms. The number of nitrogens with zero attached hydrogens (tertiary/aromatic N) is 2. The van der Waals surface area contributed by atoms with Crippen molar-refractivity contribution in [1.82, 2.24) is 20.4 Å². The van der Waals surface area contributed by atoms with E-state index in [1.807, 2.05) is 31.2 Å². The molecule has 6 nitrogen and oxygen atoms in total. The Hall–Kier alpha value is -2.54. The number of rotatable bonds is 8. The Bertz CT molecular complexity index is 1260. The number of aromatic nitrogens is 2. The fourth-order valence-corrected chi connectivity index (χ4v) is 5.87. The van der Waals surface area contributed by atoms with E-state index in [1.165, 1.54) is 19.3 Å². The standard InChI is InChI=1S/C28H32Cl2N4O2/c1-16(2)31-15-22-26(27(35)32-24-13-18-6-7-19(24)12-18)33-34(25-11-8-20(29)14-23(25)30)28(22)36-21-9-4-17(3)5-10-21/h4-5,8-11,14,16,18-19,24,31H,6-7,12-13,15H2,1-3H3,(H,32,35). The SMILES string of the molecule is Cc1ccc(Oc2c(CNC(C)C)c(C(=O)NC3CC4CCC3C4)nn2-c2ccc(Cl)cc2Cl)cc1. The monoisotopic (exact) mass is 526 g/mol. The predicted octanol–water partition coefficient (Wildman–Crippen LogP) is 6.70. The minimum Gasteiger partial charge on any atom is -0.439 e. The highest BCUT2D eigenvalue weighted by Gasteiger charge is 2.41. The van der Waals surface area contributed by atoms with Crippen LogP contribution in [0.5, 0.6) is 11.6 Å². The van der Waals surface area contributed by atoms with Crippen molar-refractivity contribution in [2.45, 2.75) is 65.1 Å². The number of ether oxygens (including phenoxy) is 1. The molecule has 3 unspecified atom stereocenters. The lowest BCUT2D eigenvalue weighted by Crippen LogP contribution is -2.39. The molecule has 2 N–H and O–H groups in total. The zero-order valence-corrected chi connectivity index (χ0v) is 22.4. The van der Waals surface area contributed by atoms with Crippen molar-refractivity contribution in [2.75, 3.05) is 0 Å². The average Bonchev–Trinajstić information content (AvgIpc) is 3.54. The summed E-state index contributed by atoms with van der Waals surface area (Å²) in [4.78, 5) is 13.7. The number of fused-ring (bicyclic) bond motifs is 2. The second-order valence-electron chi connectivity index (χ2n) is 10.3. The molecule has 2 saturated carbocycles. The first-order valence-electron chi connectivity index (χ1n) is 12.6. The van der Waals surface area contributed by atoms with Crippen molar-refractivity contribution in [3.8, 4) is 17.3 Å². The molecular weight excluding hydrogens is 495 g/mol. The van der Waals surface area contributed by atoms with Gasteiger partial charge in [0.25, 0.3) is 5.91 Å². The van der Waals surface area contributed by atoms with E-state index in [0.29, 0.717) is 51.1 Å². The Morgan fingerprint density at radius 2 is 1.92 bits per heavy atom. The van der Waals surface area contributed by atoms with Crippen LogP contribution in [0.2, 0.25) is 10.0 Å². The molecule has 8 heteroatoms. The molecule has 190 valence electrons. The summed E-state index contributed by atoms with van der Waals surface area (Å²) in [5, 5.41) is 12.4. The molecule has 0 spiro atoms. The fraction of sp³-hybridized carbons (Fsp3) is 0.429. The number of hydrogen-bond donors (Lipinski definition) is 2. The number of aryl methyl sites for hydroxylation is 1. The van der Waals surface area contributed by atoms with E-state index in [9.17, 15) is 4.79 Å². The van der Waals surface area contributed by atoms with Crippen molar-refractivity contribution in [3.05, 3.63) is 69.3 Å². The number of carbonyl (C=O) groups is 1. The molecule has 0 radical (unpaired) electrons. The van der Waals surface area contributed by atoms with Gasteiger partial charge in [0.2, 0.25) is 5.88 Å². The number of amides is 1. The lowest BCUT2D eigenvalue weighted by Gasteiger charge is -2.22. The van der Waals surface area contributed by atoms with Crippen molar-refractivity contribution < 1.29 is 9.53 Å². The van der Waals surface area contributed by atoms with Gasteiger partial charge in [-0.15, -0.1) is 0 Å². The summed E-state index contributed by atoms with van der Waals surface area (Å²) in [6.07, 6.45) is 4.72. The lowest BCUT2D eigenvalue weighted by atomic mass is 9.95. The molecule has 3 atom stereocenters. The number of nitrogens with one attached hydrogen (secondary N) is 2. The van der Waals surface area contributed by atoms with Crippen molar-refractivity contribution in [3.63, 3.8) is 0 Å². The van der Waals surface area contributed by atoms with E-state index in [1.54, 1.807) is 22.9 Å². The Morgan fingerprint density at radius 1 is 1.14 bits per heavy atom. The molecule has 36 heavy (non-hydrogen) atoms. The first-order chi connectivity index (χ1) is 17.3. The molecule has 2 fully saturated rings. The van der Waals surface area contributed by atoms with E-state index < -0.39 is 0 Å². The van der Waals surface area contributed by atoms with Gasteiger partial charge in [0.1, 0.15) is 5.75 Å². The largest absolute Gasteiger partial charge is 0.439 e. The van der Waals surface area contributed by atoms with Gasteiger partial charge < -0.3 is 15.4 Å². The van der Waals surface area contributed by atoms with Gasteiger partial charge in [-0.3, -0.25) is 4.79 Å². The van der Waals surface area contributed by atoms with E-state index in [0.717, 1.165) is 17.9 Å². The van der Waals surface area contributed by atoms with Crippen LogP contribution in [0.4, 0.5) is 0 Å². The van der Waals surface area contributed by atoms with Crippen LogP contribution in [-0.2, 0) is 6.54 Å². The van der Waals surface area contributed by atoms with Crippen molar-refractivity contribution >= 4 is 29.1 Å². The molecule has 5 rings (SSSR count). The summed E-state index contributed by atoms with van der Waals surface area (Å²) < 4.78 is 8.02. The molecule has 1 heterocycles. The first-order valence-corrected chi connectivity index (χ1v) is 13.4. The van der Waals surface area contributed by atoms with Crippen LogP contribution in [-0.4, -0.2) is 27.8 Å². The highest BCUT2D eigenvalue weighted by molar-refractivity contribution is 6.35. The third-order valence-corrected chi connectivity index (χ3v) is 7.80. The number of carbonyl (C=O) groups excluding carboxylic acids is 1. The van der Waals surface area contributed by atoms with Gasteiger partial charge in [0.05, 0.1) is 16.3 Å². The summed E-state index contributed by atoms with van der Waals surface area (Å²) in [5.74, 6) is 2.22. The summed E-state index contributed by atoms with van der Waals surface area (Å²) in [5.41, 5.74) is 2.76. The van der Waals surface area contributed by atoms with Crippen molar-refractivity contribution in [2.24, 2.45) is 11.8 Å². The minimum absolute atomic E-state index is 0.175. The molecule has 0 aliphatic heterocycles. The Labute approximate surface area is 222 Å². The average molecular weight is 527 g/mol. The smallest absolute Gasteiger partial charge is 0.272 e. The summed E-state index contributed by atoms with van der Waals surface area (Å²) in [6, 6.07) is 13.4. The van der Waals surface area contributed by atoms with Crippen LogP contribution >= 0.6 is 23.2 Å². The lowest BCUT2D eigenvalue weighted by molar-refractivity contribution is 0.0916. The molecule has 2 aliphatic rings. The zero-order valence-electron chi connectivity index (χ0n) is 20.9. The second-order valence-corrected chi connectivity index (χ2v) is 11.2. The summed E-state index contributed by atoms with van der Waals surface area (Å²) in [7, 11) is 0. The predicted molar refractivity (Wildman–Crippen MR) is 144 cm³/mol. The van der Waals surface area contributed by atoms with Gasteiger partial charge in [0.15, 0.2) is 5.69 Å². The molecule has 2 aliphatic carbocycles. The van der Waals surface area contributed by atoms with Crippen molar-refractivity contribution in [1.29, 1.82) is 0 Å². The quantitative estimate of drug-likeness (QED) is 0.342. The van der Waals surface area contributed by atoms with E-state index in [-0.39, 0.29) is 18.0 Å². The van der Waals surface area contributed by atoms with Gasteiger partial charge >= 0.3 is 0 Å². The van der Waals surface area contributed by atoms with E-state index in [4.69, 9.17) is 33.0 Å². The van der Waals surface area contributed by atoms with Gasteiger partial charge in [-0.2, -0.15) is 9.78 Å². The molecule has 1 amide bonds. The van der Waals surface area contributed by atoms with E-state index >= 15 is 0 Å². The second kappa shape index (κ2) is 10.4. The highest BCUT2D eigenvalue weighted by Crippen LogP contribution is 2.44. The molecule has 3 aromatic rings. The van der Waals surface area contributed by atoms with Crippen LogP contribution in [0.3, 0.4) is 0 Å². The van der Waals surface area contributed by atoms with Crippen LogP contribution in [0.1, 0.15) is 61.1 Å². The van der Waals surface area contributed by atoms with Gasteiger partial charge in [-0.25, -0.2) is 0 Å². The first kappa shape index (κ1) is 25.1. The normalized spacial score (nSPS) is 20.8. The molecular formula is C28H32Cl2N4O2. The zero-order chi connectivity index (χ0) is 25.4. The molecule has 1 aromatic heterocycles. The summed E-state index contributed by atoms with van der Waals surface area (Å²) in [6.45, 7) is 6.58. The van der Waals surface area contributed by atoms with Gasteiger partial charge in [0, 0.05) is 23.7 Å². The number of halogens is 2. The van der Waals surface area contributed by atoms with Gasteiger partial charge in [-0.05, 0) is 68.4 Å². The summed E-state index contributed by atoms with van der Waals surface area (Å²) >= 11 is 12.8. The Morgan fingerprint density at radius 3 is 2.56 bits per heavy atom. The maximum atomic E-state index is 13.7. The van der Waals surface area contributed by atoms with Crippen LogP contribution in [0.25, 0.3) is 5.69 Å². The van der Waals surface area contributed by atoms with Gasteiger partial charge in [-0.1, -0.05) is 61.2 Å². The van der Waals surface area contributed by atoms with Crippen LogP contribution in [0, 0.1) is 18.8 Å². The molecule has 2 aromatic carbocycles. The van der Waals surface area contributed by atoms with Crippen LogP contribution < -0.4 is 15.4 Å². The third-order valence-electron chi connectivity index (χ3n) is 7.27. The third kappa shape index (κ3) is 5.26. The Kier molecular flexibility index (Phi) is 7.29. The number of benzene rings is 2. The maximum absolute atomic E-state index is 13.7. The van der Waals surface area contributed by atoms with E-state index in [2.05, 4.69) is 24.5 Å². The highest BCUT2D eigenvalue weighted by atomic mass is 35.5. The topological polar surface area (TPSA) is 68.2 Å². The fourth-order valence-electron chi connectivity index (χ4n) is 5.38. The minimum atomic E-state index is -0.175. The maximum Gasteiger partial charge on any atom is 0.272 e. The Balaban J connectivity index is 1.58.